The first-order chi connectivity index (χ1) is 13.4. The predicted octanol–water partition coefficient (Wildman–Crippen LogP) is 1.19. The van der Waals surface area contributed by atoms with Crippen molar-refractivity contribution in [2.75, 3.05) is 46.7 Å². The molecule has 1 aromatic rings. The Bertz CT molecular complexity index is 716. The van der Waals surface area contributed by atoms with Gasteiger partial charge in [0.1, 0.15) is 5.75 Å². The van der Waals surface area contributed by atoms with Crippen molar-refractivity contribution in [2.45, 2.75) is 31.9 Å². The third-order valence-electron chi connectivity index (χ3n) is 4.61. The highest BCUT2D eigenvalue weighted by molar-refractivity contribution is 7.89. The Morgan fingerprint density at radius 1 is 1.32 bits per heavy atom. The van der Waals surface area contributed by atoms with E-state index in [4.69, 9.17) is 9.47 Å². The van der Waals surface area contributed by atoms with Crippen LogP contribution in [0.15, 0.2) is 29.3 Å². The quantitative estimate of drug-likeness (QED) is 0.468. The average Bonchev–Trinajstić information content (AvgIpc) is 2.71. The molecule has 1 saturated heterocycles. The summed E-state index contributed by atoms with van der Waals surface area (Å²) in [5.74, 6) is 1.43. The summed E-state index contributed by atoms with van der Waals surface area (Å²) in [6.45, 7) is 1.98. The van der Waals surface area contributed by atoms with Gasteiger partial charge in [0.2, 0.25) is 10.0 Å². The number of hydrogen-bond acceptors (Lipinski definition) is 5. The van der Waals surface area contributed by atoms with Crippen LogP contribution < -0.4 is 14.8 Å². The van der Waals surface area contributed by atoms with E-state index in [1.165, 1.54) is 0 Å². The second kappa shape index (κ2) is 11.2. The van der Waals surface area contributed by atoms with E-state index < -0.39 is 10.0 Å². The zero-order valence-electron chi connectivity index (χ0n) is 17.0. The largest absolute Gasteiger partial charge is 0.497 e. The summed E-state index contributed by atoms with van der Waals surface area (Å²) >= 11 is 0. The van der Waals surface area contributed by atoms with Gasteiger partial charge in [-0.25, -0.2) is 13.1 Å². The molecular formula is C19H32N4O4S. The predicted molar refractivity (Wildman–Crippen MR) is 111 cm³/mol. The van der Waals surface area contributed by atoms with Crippen LogP contribution in [0.25, 0.3) is 0 Å². The first kappa shape index (κ1) is 22.4. The highest BCUT2D eigenvalue weighted by atomic mass is 32.2. The maximum absolute atomic E-state index is 12.2. The lowest BCUT2D eigenvalue weighted by Crippen LogP contribution is -2.43. The lowest BCUT2D eigenvalue weighted by Gasteiger charge is -2.23. The molecule has 0 aromatic heterocycles. The van der Waals surface area contributed by atoms with Crippen LogP contribution in [0.4, 0.5) is 0 Å². The summed E-state index contributed by atoms with van der Waals surface area (Å²) in [4.78, 5) is 6.17. The third kappa shape index (κ3) is 7.65. The second-order valence-electron chi connectivity index (χ2n) is 6.83. The molecular weight excluding hydrogens is 380 g/mol. The Balaban J connectivity index is 1.75. The van der Waals surface area contributed by atoms with E-state index in [1.807, 2.05) is 36.2 Å². The molecule has 158 valence electrons. The van der Waals surface area contributed by atoms with Crippen molar-refractivity contribution in [3.05, 3.63) is 29.8 Å². The van der Waals surface area contributed by atoms with Crippen molar-refractivity contribution in [1.29, 1.82) is 0 Å². The smallest absolute Gasteiger partial charge is 0.213 e. The Labute approximate surface area is 168 Å². The minimum absolute atomic E-state index is 0.0140. The highest BCUT2D eigenvalue weighted by Crippen LogP contribution is 2.13. The van der Waals surface area contributed by atoms with Crippen LogP contribution in [0.3, 0.4) is 0 Å². The minimum Gasteiger partial charge on any atom is -0.497 e. The number of nitrogens with zero attached hydrogens (tertiary/aromatic N) is 2. The molecule has 2 N–H and O–H groups in total. The lowest BCUT2D eigenvalue weighted by molar-refractivity contribution is 0.0200. The number of rotatable bonds is 9. The fraction of sp³-hybridized carbons (Fsp3) is 0.632. The first-order valence-electron chi connectivity index (χ1n) is 9.57. The van der Waals surface area contributed by atoms with Crippen LogP contribution in [0.2, 0.25) is 0 Å². The molecule has 1 aliphatic heterocycles. The number of sulfonamides is 1. The molecule has 9 heteroatoms. The number of guanidine groups is 1. The van der Waals surface area contributed by atoms with Crippen molar-refractivity contribution in [3.63, 3.8) is 0 Å². The van der Waals surface area contributed by atoms with E-state index >= 15 is 0 Å². The van der Waals surface area contributed by atoms with Gasteiger partial charge in [-0.15, -0.1) is 0 Å². The highest BCUT2D eigenvalue weighted by Gasteiger charge is 2.18. The van der Waals surface area contributed by atoms with E-state index in [0.29, 0.717) is 25.7 Å². The molecule has 8 nitrogen and oxygen atoms in total. The summed E-state index contributed by atoms with van der Waals surface area (Å²) < 4.78 is 37.8. The SMILES string of the molecule is CN=C(NCCS(=O)(=O)NCC1CCCCO1)N(C)Cc1ccc(OC)cc1. The van der Waals surface area contributed by atoms with Crippen molar-refractivity contribution in [1.82, 2.24) is 14.9 Å². The van der Waals surface area contributed by atoms with Gasteiger partial charge in [0.05, 0.1) is 19.0 Å². The van der Waals surface area contributed by atoms with Gasteiger partial charge >= 0.3 is 0 Å². The Kier molecular flexibility index (Phi) is 9.01. The third-order valence-corrected chi connectivity index (χ3v) is 5.96. The molecule has 1 aromatic carbocycles. The molecule has 0 bridgehead atoms. The van der Waals surface area contributed by atoms with E-state index in [0.717, 1.165) is 30.6 Å². The Morgan fingerprint density at radius 2 is 2.07 bits per heavy atom. The molecule has 0 radical (unpaired) electrons. The molecule has 0 amide bonds. The topological polar surface area (TPSA) is 92.3 Å². The van der Waals surface area contributed by atoms with Gasteiger partial charge in [-0.1, -0.05) is 12.1 Å². The van der Waals surface area contributed by atoms with Gasteiger partial charge in [0.25, 0.3) is 0 Å². The van der Waals surface area contributed by atoms with Crippen LogP contribution in [-0.2, 0) is 21.3 Å². The van der Waals surface area contributed by atoms with E-state index in [9.17, 15) is 8.42 Å². The molecule has 1 heterocycles. The number of hydrogen-bond donors (Lipinski definition) is 2. The van der Waals surface area contributed by atoms with Gasteiger partial charge < -0.3 is 19.7 Å². The zero-order valence-corrected chi connectivity index (χ0v) is 17.8. The number of ether oxygens (including phenoxy) is 2. The van der Waals surface area contributed by atoms with Gasteiger partial charge in [-0.2, -0.15) is 0 Å². The fourth-order valence-electron chi connectivity index (χ4n) is 3.02. The molecule has 1 fully saturated rings. The van der Waals surface area contributed by atoms with Gasteiger partial charge in [-0.3, -0.25) is 4.99 Å². The lowest BCUT2D eigenvalue weighted by atomic mass is 10.1. The maximum atomic E-state index is 12.2. The summed E-state index contributed by atoms with van der Waals surface area (Å²) in [5, 5.41) is 3.11. The van der Waals surface area contributed by atoms with Crippen LogP contribution in [0.1, 0.15) is 24.8 Å². The monoisotopic (exact) mass is 412 g/mol. The summed E-state index contributed by atoms with van der Waals surface area (Å²) in [7, 11) is 1.87. The standard InChI is InChI=1S/C19H32N4O4S/c1-20-19(23(2)15-16-7-9-17(26-3)10-8-16)21-11-13-28(24,25)22-14-18-6-4-5-12-27-18/h7-10,18,22H,4-6,11-15H2,1-3H3,(H,20,21). The van der Waals surface area contributed by atoms with Crippen molar-refractivity contribution < 1.29 is 17.9 Å². The van der Waals surface area contributed by atoms with Crippen molar-refractivity contribution >= 4 is 16.0 Å². The summed E-state index contributed by atoms with van der Waals surface area (Å²) in [6, 6.07) is 7.80. The molecule has 0 saturated carbocycles. The van der Waals surface area contributed by atoms with Crippen LogP contribution in [0, 0.1) is 0 Å². The maximum Gasteiger partial charge on any atom is 0.213 e. The molecule has 1 unspecified atom stereocenters. The molecule has 1 atom stereocenters. The van der Waals surface area contributed by atoms with Gasteiger partial charge in [0.15, 0.2) is 5.96 Å². The van der Waals surface area contributed by atoms with E-state index in [-0.39, 0.29) is 18.4 Å². The summed E-state index contributed by atoms with van der Waals surface area (Å²) in [6.07, 6.45) is 3.03. The minimum atomic E-state index is -3.36. The van der Waals surface area contributed by atoms with E-state index in [2.05, 4.69) is 15.0 Å². The van der Waals surface area contributed by atoms with Crippen LogP contribution in [0.5, 0.6) is 5.75 Å². The number of nitrogens with one attached hydrogen (secondary N) is 2. The second-order valence-corrected chi connectivity index (χ2v) is 8.76. The van der Waals surface area contributed by atoms with Crippen LogP contribution in [-0.4, -0.2) is 72.0 Å². The molecule has 28 heavy (non-hydrogen) atoms. The van der Waals surface area contributed by atoms with E-state index in [1.54, 1.807) is 14.2 Å². The van der Waals surface area contributed by atoms with Crippen molar-refractivity contribution in [3.8, 4) is 5.75 Å². The average molecular weight is 413 g/mol. The van der Waals surface area contributed by atoms with Crippen LogP contribution >= 0.6 is 0 Å². The molecule has 2 rings (SSSR count). The van der Waals surface area contributed by atoms with Crippen molar-refractivity contribution in [2.24, 2.45) is 4.99 Å². The van der Waals surface area contributed by atoms with Gasteiger partial charge in [-0.05, 0) is 37.0 Å². The number of aliphatic imine (C=N–C) groups is 1. The fourth-order valence-corrected chi connectivity index (χ4v) is 3.98. The summed E-state index contributed by atoms with van der Waals surface area (Å²) in [5.41, 5.74) is 1.10. The molecule has 0 aliphatic carbocycles. The Hall–Kier alpha value is -1.84. The normalized spacial score (nSPS) is 18.0. The Morgan fingerprint density at radius 3 is 2.68 bits per heavy atom. The molecule has 0 spiro atoms. The zero-order chi connectivity index (χ0) is 20.4. The number of benzene rings is 1. The number of methoxy groups -OCH3 is 1. The van der Waals surface area contributed by atoms with Gasteiger partial charge in [0, 0.05) is 40.3 Å². The molecule has 1 aliphatic rings. The first-order valence-corrected chi connectivity index (χ1v) is 11.2.